The van der Waals surface area contributed by atoms with Gasteiger partial charge in [0.15, 0.2) is 0 Å². The Hall–Kier alpha value is -1.41. The van der Waals surface area contributed by atoms with Crippen LogP contribution in [-0.4, -0.2) is 5.78 Å². The monoisotopic (exact) mass is 258 g/mol. The van der Waals surface area contributed by atoms with E-state index in [9.17, 15) is 4.79 Å². The third kappa shape index (κ3) is 4.46. The summed E-state index contributed by atoms with van der Waals surface area (Å²) in [6.07, 6.45) is 4.28. The van der Waals surface area contributed by atoms with E-state index in [0.29, 0.717) is 18.6 Å². The average molecular weight is 258 g/mol. The largest absolute Gasteiger partial charge is 0.300 e. The second-order valence-corrected chi connectivity index (χ2v) is 5.49. The highest BCUT2D eigenvalue weighted by Gasteiger charge is 2.03. The van der Waals surface area contributed by atoms with E-state index in [2.05, 4.69) is 29.6 Å². The predicted octanol–water partition coefficient (Wildman–Crippen LogP) is 4.27. The van der Waals surface area contributed by atoms with Crippen LogP contribution < -0.4 is 0 Å². The Morgan fingerprint density at radius 1 is 0.944 bits per heavy atom. The van der Waals surface area contributed by atoms with Gasteiger partial charge in [-0.3, -0.25) is 4.79 Å². The number of carbonyl (C=O) groups is 1. The zero-order valence-electron chi connectivity index (χ0n) is 10.5. The normalized spacial score (nSPS) is 10.4. The van der Waals surface area contributed by atoms with Crippen LogP contribution in [0.1, 0.15) is 29.7 Å². The molecular weight excluding hydrogens is 240 g/mol. The maximum Gasteiger partial charge on any atom is 0.133 e. The first-order chi connectivity index (χ1) is 8.84. The van der Waals surface area contributed by atoms with Crippen LogP contribution in [0, 0.1) is 0 Å². The molecule has 0 radical (unpaired) electrons. The lowest BCUT2D eigenvalue weighted by Crippen LogP contribution is -2.00. The molecule has 1 aromatic carbocycles. The summed E-state index contributed by atoms with van der Waals surface area (Å²) in [6, 6.07) is 14.4. The Labute approximate surface area is 112 Å². The van der Waals surface area contributed by atoms with E-state index in [-0.39, 0.29) is 0 Å². The van der Waals surface area contributed by atoms with Crippen molar-refractivity contribution >= 4 is 17.1 Å². The minimum absolute atomic E-state index is 0.385. The first-order valence-electron chi connectivity index (χ1n) is 6.42. The number of thiophene rings is 1. The molecule has 2 heteroatoms. The molecule has 0 aliphatic heterocycles. The van der Waals surface area contributed by atoms with Crippen molar-refractivity contribution < 1.29 is 4.79 Å². The van der Waals surface area contributed by atoms with Crippen molar-refractivity contribution in [2.45, 2.75) is 32.1 Å². The Bertz CT molecular complexity index is 459. The molecule has 0 aliphatic rings. The molecule has 0 saturated carbocycles. The Morgan fingerprint density at radius 3 is 2.50 bits per heavy atom. The van der Waals surface area contributed by atoms with E-state index >= 15 is 0 Å². The van der Waals surface area contributed by atoms with Crippen molar-refractivity contribution in [3.05, 3.63) is 58.3 Å². The summed E-state index contributed by atoms with van der Waals surface area (Å²) in [7, 11) is 0. The predicted molar refractivity (Wildman–Crippen MR) is 77.0 cm³/mol. The maximum atomic E-state index is 11.7. The molecule has 0 aliphatic carbocycles. The molecule has 2 rings (SSSR count). The standard InChI is InChI=1S/C16H18OS/c17-15(8-4-9-16-10-5-13-18-16)12-11-14-6-2-1-3-7-14/h1-3,5-7,10,13H,4,8-9,11-12H2. The van der Waals surface area contributed by atoms with Crippen molar-refractivity contribution in [1.82, 2.24) is 0 Å². The van der Waals surface area contributed by atoms with E-state index in [1.54, 1.807) is 11.3 Å². The fourth-order valence-electron chi connectivity index (χ4n) is 1.97. The van der Waals surface area contributed by atoms with E-state index in [0.717, 1.165) is 19.3 Å². The molecule has 18 heavy (non-hydrogen) atoms. The Balaban J connectivity index is 1.63. The zero-order chi connectivity index (χ0) is 12.6. The van der Waals surface area contributed by atoms with Crippen molar-refractivity contribution in [1.29, 1.82) is 0 Å². The molecule has 0 bridgehead atoms. The van der Waals surface area contributed by atoms with Gasteiger partial charge in [-0.15, -0.1) is 11.3 Å². The smallest absolute Gasteiger partial charge is 0.133 e. The van der Waals surface area contributed by atoms with Gasteiger partial charge in [-0.2, -0.15) is 0 Å². The van der Waals surface area contributed by atoms with Gasteiger partial charge in [-0.05, 0) is 36.3 Å². The van der Waals surface area contributed by atoms with Crippen LogP contribution in [0.2, 0.25) is 0 Å². The molecule has 0 saturated heterocycles. The number of Topliss-reactive ketones (excluding diaryl/α,β-unsaturated/α-hetero) is 1. The Morgan fingerprint density at radius 2 is 1.78 bits per heavy atom. The van der Waals surface area contributed by atoms with Crippen LogP contribution in [0.5, 0.6) is 0 Å². The van der Waals surface area contributed by atoms with E-state index in [1.807, 2.05) is 18.2 Å². The Kier molecular flexibility index (Phi) is 5.15. The summed E-state index contributed by atoms with van der Waals surface area (Å²) in [5, 5.41) is 2.09. The first kappa shape index (κ1) is 13.0. The lowest BCUT2D eigenvalue weighted by Gasteiger charge is -2.01. The highest BCUT2D eigenvalue weighted by Crippen LogP contribution is 2.13. The highest BCUT2D eigenvalue weighted by atomic mass is 32.1. The molecule has 0 N–H and O–H groups in total. The number of carbonyl (C=O) groups excluding carboxylic acids is 1. The number of benzene rings is 1. The van der Waals surface area contributed by atoms with Gasteiger partial charge in [0.25, 0.3) is 0 Å². The zero-order valence-corrected chi connectivity index (χ0v) is 11.3. The molecule has 1 nitrogen and oxygen atoms in total. The van der Waals surface area contributed by atoms with Crippen molar-refractivity contribution in [3.63, 3.8) is 0 Å². The molecule has 0 amide bonds. The molecular formula is C16H18OS. The number of hydrogen-bond donors (Lipinski definition) is 0. The quantitative estimate of drug-likeness (QED) is 0.724. The van der Waals surface area contributed by atoms with E-state index in [1.165, 1.54) is 10.4 Å². The van der Waals surface area contributed by atoms with Gasteiger partial charge in [-0.25, -0.2) is 0 Å². The highest BCUT2D eigenvalue weighted by molar-refractivity contribution is 7.09. The van der Waals surface area contributed by atoms with Gasteiger partial charge in [0.1, 0.15) is 5.78 Å². The summed E-state index contributed by atoms with van der Waals surface area (Å²) in [6.45, 7) is 0. The maximum absolute atomic E-state index is 11.7. The van der Waals surface area contributed by atoms with Gasteiger partial charge in [-0.1, -0.05) is 36.4 Å². The van der Waals surface area contributed by atoms with Gasteiger partial charge in [0.05, 0.1) is 0 Å². The van der Waals surface area contributed by atoms with Crippen LogP contribution in [0.25, 0.3) is 0 Å². The van der Waals surface area contributed by atoms with Gasteiger partial charge >= 0.3 is 0 Å². The van der Waals surface area contributed by atoms with Crippen LogP contribution in [0.15, 0.2) is 47.8 Å². The third-order valence-corrected chi connectivity index (χ3v) is 3.93. The lowest BCUT2D eigenvalue weighted by molar-refractivity contribution is -0.119. The van der Waals surface area contributed by atoms with E-state index < -0.39 is 0 Å². The van der Waals surface area contributed by atoms with Gasteiger partial charge in [0, 0.05) is 17.7 Å². The fourth-order valence-corrected chi connectivity index (χ4v) is 2.72. The summed E-state index contributed by atoms with van der Waals surface area (Å²) in [4.78, 5) is 13.1. The fraction of sp³-hybridized carbons (Fsp3) is 0.312. The molecule has 0 unspecified atom stereocenters. The van der Waals surface area contributed by atoms with Gasteiger partial charge in [0.2, 0.25) is 0 Å². The molecule has 1 heterocycles. The summed E-state index contributed by atoms with van der Waals surface area (Å²) in [5.74, 6) is 0.385. The van der Waals surface area contributed by atoms with Crippen LogP contribution in [0.4, 0.5) is 0 Å². The number of aryl methyl sites for hydroxylation is 2. The molecule has 0 atom stereocenters. The van der Waals surface area contributed by atoms with Crippen molar-refractivity contribution in [3.8, 4) is 0 Å². The minimum atomic E-state index is 0.385. The number of ketones is 1. The first-order valence-corrected chi connectivity index (χ1v) is 7.30. The van der Waals surface area contributed by atoms with E-state index in [4.69, 9.17) is 0 Å². The molecule has 94 valence electrons. The molecule has 0 fully saturated rings. The van der Waals surface area contributed by atoms with Crippen LogP contribution >= 0.6 is 11.3 Å². The van der Waals surface area contributed by atoms with Gasteiger partial charge < -0.3 is 0 Å². The second-order valence-electron chi connectivity index (χ2n) is 4.46. The lowest BCUT2D eigenvalue weighted by atomic mass is 10.0. The molecule has 0 spiro atoms. The molecule has 1 aromatic heterocycles. The molecule has 2 aromatic rings. The third-order valence-electron chi connectivity index (χ3n) is 2.99. The topological polar surface area (TPSA) is 17.1 Å². The van der Waals surface area contributed by atoms with Crippen molar-refractivity contribution in [2.24, 2.45) is 0 Å². The minimum Gasteiger partial charge on any atom is -0.300 e. The van der Waals surface area contributed by atoms with Crippen LogP contribution in [0.3, 0.4) is 0 Å². The summed E-state index contributed by atoms with van der Waals surface area (Å²) < 4.78 is 0. The number of hydrogen-bond acceptors (Lipinski definition) is 2. The summed E-state index contributed by atoms with van der Waals surface area (Å²) >= 11 is 1.77. The summed E-state index contributed by atoms with van der Waals surface area (Å²) in [5.41, 5.74) is 1.25. The number of rotatable bonds is 7. The van der Waals surface area contributed by atoms with Crippen LogP contribution in [-0.2, 0) is 17.6 Å². The average Bonchev–Trinajstić information content (AvgIpc) is 2.91. The van der Waals surface area contributed by atoms with Crippen molar-refractivity contribution in [2.75, 3.05) is 0 Å². The second kappa shape index (κ2) is 7.12. The SMILES string of the molecule is O=C(CCCc1cccs1)CCc1ccccc1.